The summed E-state index contributed by atoms with van der Waals surface area (Å²) < 4.78 is 0. The van der Waals surface area contributed by atoms with Crippen molar-refractivity contribution in [3.8, 4) is 5.75 Å². The SMILES string of the molecule is CC(S)CCc1ccc(O)cc1. The van der Waals surface area contributed by atoms with Crippen LogP contribution in [-0.2, 0) is 6.42 Å². The van der Waals surface area contributed by atoms with Crippen LogP contribution in [0.1, 0.15) is 18.9 Å². The van der Waals surface area contributed by atoms with E-state index in [-0.39, 0.29) is 0 Å². The number of rotatable bonds is 3. The molecular weight excluding hydrogens is 168 g/mol. The van der Waals surface area contributed by atoms with Crippen molar-refractivity contribution in [3.05, 3.63) is 29.8 Å². The van der Waals surface area contributed by atoms with Crippen LogP contribution in [0.5, 0.6) is 5.75 Å². The summed E-state index contributed by atoms with van der Waals surface area (Å²) in [5.41, 5.74) is 1.26. The number of phenols is 1. The van der Waals surface area contributed by atoms with Crippen LogP contribution in [0.25, 0.3) is 0 Å². The first-order valence-electron chi connectivity index (χ1n) is 4.14. The molecule has 0 amide bonds. The highest BCUT2D eigenvalue weighted by molar-refractivity contribution is 7.80. The molecular formula is C10H14OS. The minimum Gasteiger partial charge on any atom is -0.508 e. The maximum atomic E-state index is 9.02. The van der Waals surface area contributed by atoms with Crippen molar-refractivity contribution in [2.24, 2.45) is 0 Å². The second kappa shape index (κ2) is 4.41. The molecule has 0 aliphatic rings. The molecule has 0 aliphatic carbocycles. The molecule has 0 aromatic heterocycles. The summed E-state index contributed by atoms with van der Waals surface area (Å²) in [6, 6.07) is 7.34. The lowest BCUT2D eigenvalue weighted by Gasteiger charge is -2.03. The summed E-state index contributed by atoms with van der Waals surface area (Å²) in [5, 5.41) is 9.46. The molecule has 0 radical (unpaired) electrons. The van der Waals surface area contributed by atoms with Crippen LogP contribution in [0.3, 0.4) is 0 Å². The molecule has 12 heavy (non-hydrogen) atoms. The van der Waals surface area contributed by atoms with Crippen LogP contribution >= 0.6 is 12.6 Å². The highest BCUT2D eigenvalue weighted by Crippen LogP contribution is 2.12. The topological polar surface area (TPSA) is 20.2 Å². The van der Waals surface area contributed by atoms with Crippen molar-refractivity contribution in [3.63, 3.8) is 0 Å². The zero-order valence-electron chi connectivity index (χ0n) is 7.20. The van der Waals surface area contributed by atoms with Gasteiger partial charge in [0.15, 0.2) is 0 Å². The molecule has 0 aliphatic heterocycles. The molecule has 0 fully saturated rings. The third kappa shape index (κ3) is 3.18. The first-order valence-corrected chi connectivity index (χ1v) is 4.66. The van der Waals surface area contributed by atoms with E-state index in [1.54, 1.807) is 12.1 Å². The van der Waals surface area contributed by atoms with Crippen molar-refractivity contribution in [2.45, 2.75) is 25.0 Å². The van der Waals surface area contributed by atoms with Gasteiger partial charge in [-0.1, -0.05) is 19.1 Å². The lowest BCUT2D eigenvalue weighted by Crippen LogP contribution is -1.94. The van der Waals surface area contributed by atoms with Gasteiger partial charge in [0.2, 0.25) is 0 Å². The van der Waals surface area contributed by atoms with Crippen LogP contribution in [0.4, 0.5) is 0 Å². The first kappa shape index (κ1) is 9.46. The zero-order chi connectivity index (χ0) is 8.97. The molecule has 66 valence electrons. The molecule has 2 heteroatoms. The van der Waals surface area contributed by atoms with E-state index < -0.39 is 0 Å². The van der Waals surface area contributed by atoms with Gasteiger partial charge in [0.25, 0.3) is 0 Å². The van der Waals surface area contributed by atoms with Gasteiger partial charge in [-0.3, -0.25) is 0 Å². The third-order valence-corrected chi connectivity index (χ3v) is 2.05. The van der Waals surface area contributed by atoms with E-state index in [0.29, 0.717) is 11.0 Å². The molecule has 1 aromatic rings. The third-order valence-electron chi connectivity index (χ3n) is 1.79. The van der Waals surface area contributed by atoms with E-state index in [9.17, 15) is 0 Å². The van der Waals surface area contributed by atoms with Crippen molar-refractivity contribution < 1.29 is 5.11 Å². The molecule has 1 N–H and O–H groups in total. The Morgan fingerprint density at radius 2 is 1.92 bits per heavy atom. The van der Waals surface area contributed by atoms with Crippen LogP contribution in [0, 0.1) is 0 Å². The highest BCUT2D eigenvalue weighted by Gasteiger charge is 1.96. The molecule has 0 bridgehead atoms. The Labute approximate surface area is 78.8 Å². The van der Waals surface area contributed by atoms with Gasteiger partial charge in [0, 0.05) is 0 Å². The highest BCUT2D eigenvalue weighted by atomic mass is 32.1. The monoisotopic (exact) mass is 182 g/mol. The van der Waals surface area contributed by atoms with Crippen LogP contribution in [0.15, 0.2) is 24.3 Å². The summed E-state index contributed by atoms with van der Waals surface area (Å²) >= 11 is 4.30. The standard InChI is InChI=1S/C10H14OS/c1-8(12)2-3-9-4-6-10(11)7-5-9/h4-8,11-12H,2-3H2,1H3. The van der Waals surface area contributed by atoms with Gasteiger partial charge in [-0.05, 0) is 35.8 Å². The van der Waals surface area contributed by atoms with E-state index >= 15 is 0 Å². The Bertz CT molecular complexity index is 228. The van der Waals surface area contributed by atoms with E-state index in [4.69, 9.17) is 5.11 Å². The van der Waals surface area contributed by atoms with E-state index in [0.717, 1.165) is 12.8 Å². The Morgan fingerprint density at radius 3 is 2.42 bits per heavy atom. The maximum Gasteiger partial charge on any atom is 0.115 e. The van der Waals surface area contributed by atoms with E-state index in [2.05, 4.69) is 19.6 Å². The van der Waals surface area contributed by atoms with Crippen LogP contribution in [-0.4, -0.2) is 10.4 Å². The van der Waals surface area contributed by atoms with Crippen molar-refractivity contribution in [1.82, 2.24) is 0 Å². The van der Waals surface area contributed by atoms with Gasteiger partial charge in [-0.2, -0.15) is 12.6 Å². The molecule has 0 spiro atoms. The summed E-state index contributed by atoms with van der Waals surface area (Å²) in [6.45, 7) is 2.09. The fourth-order valence-corrected chi connectivity index (χ4v) is 1.17. The smallest absolute Gasteiger partial charge is 0.115 e. The number of hydrogen-bond acceptors (Lipinski definition) is 2. The average Bonchev–Trinajstić information content (AvgIpc) is 2.03. The number of thiol groups is 1. The lowest BCUT2D eigenvalue weighted by molar-refractivity contribution is 0.475. The Morgan fingerprint density at radius 1 is 1.33 bits per heavy atom. The molecule has 0 saturated heterocycles. The normalized spacial score (nSPS) is 12.8. The minimum absolute atomic E-state index is 0.331. The number of hydrogen-bond donors (Lipinski definition) is 2. The van der Waals surface area contributed by atoms with Gasteiger partial charge >= 0.3 is 0 Å². The van der Waals surface area contributed by atoms with Crippen LogP contribution < -0.4 is 0 Å². The number of aryl methyl sites for hydroxylation is 1. The summed E-state index contributed by atoms with van der Waals surface area (Å²) in [6.07, 6.45) is 2.11. The Hall–Kier alpha value is -0.630. The van der Waals surface area contributed by atoms with E-state index in [1.807, 2.05) is 12.1 Å². The molecule has 1 unspecified atom stereocenters. The molecule has 0 heterocycles. The predicted molar refractivity (Wildman–Crippen MR) is 54.9 cm³/mol. The second-order valence-corrected chi connectivity index (χ2v) is 3.94. The molecule has 1 aromatic carbocycles. The van der Waals surface area contributed by atoms with Gasteiger partial charge in [0.05, 0.1) is 0 Å². The Kier molecular flexibility index (Phi) is 3.48. The molecule has 1 nitrogen and oxygen atoms in total. The number of phenolic OH excluding ortho intramolecular Hbond substituents is 1. The van der Waals surface area contributed by atoms with Crippen molar-refractivity contribution in [1.29, 1.82) is 0 Å². The lowest BCUT2D eigenvalue weighted by atomic mass is 10.1. The van der Waals surface area contributed by atoms with E-state index in [1.165, 1.54) is 5.56 Å². The summed E-state index contributed by atoms with van der Waals surface area (Å²) in [4.78, 5) is 0. The minimum atomic E-state index is 0.331. The molecule has 0 saturated carbocycles. The van der Waals surface area contributed by atoms with Gasteiger partial charge in [0.1, 0.15) is 5.75 Å². The average molecular weight is 182 g/mol. The number of benzene rings is 1. The van der Waals surface area contributed by atoms with Gasteiger partial charge in [-0.15, -0.1) is 0 Å². The summed E-state index contributed by atoms with van der Waals surface area (Å²) in [5.74, 6) is 0.331. The molecule has 1 atom stereocenters. The maximum absolute atomic E-state index is 9.02. The van der Waals surface area contributed by atoms with Gasteiger partial charge < -0.3 is 5.11 Å². The van der Waals surface area contributed by atoms with Gasteiger partial charge in [-0.25, -0.2) is 0 Å². The Balaban J connectivity index is 2.48. The van der Waals surface area contributed by atoms with Crippen molar-refractivity contribution >= 4 is 12.6 Å². The summed E-state index contributed by atoms with van der Waals surface area (Å²) in [7, 11) is 0. The van der Waals surface area contributed by atoms with Crippen molar-refractivity contribution in [2.75, 3.05) is 0 Å². The molecule has 1 rings (SSSR count). The fourth-order valence-electron chi connectivity index (χ4n) is 1.04. The first-order chi connectivity index (χ1) is 5.68. The predicted octanol–water partition coefficient (Wildman–Crippen LogP) is 2.64. The number of aromatic hydroxyl groups is 1. The fraction of sp³-hybridized carbons (Fsp3) is 0.400. The second-order valence-electron chi connectivity index (χ2n) is 3.05. The quantitative estimate of drug-likeness (QED) is 0.689. The largest absolute Gasteiger partial charge is 0.508 e. The zero-order valence-corrected chi connectivity index (χ0v) is 8.09. The van der Waals surface area contributed by atoms with Crippen LogP contribution in [0.2, 0.25) is 0 Å².